The number of aliphatic hydroxyl groups excluding tert-OH is 1. The zero-order chi connectivity index (χ0) is 18.0. The van der Waals surface area contributed by atoms with Crippen molar-refractivity contribution < 1.29 is 5.11 Å². The SMILES string of the molecule is NC(CO)(Cc1ccc2ccccc2c1)Cc1ccc2ccccc2c1. The summed E-state index contributed by atoms with van der Waals surface area (Å²) in [5.74, 6) is 0. The van der Waals surface area contributed by atoms with Crippen molar-refractivity contribution in [3.63, 3.8) is 0 Å². The van der Waals surface area contributed by atoms with Crippen molar-refractivity contribution in [3.05, 3.63) is 96.1 Å². The van der Waals surface area contributed by atoms with Crippen LogP contribution in [0.25, 0.3) is 21.5 Å². The van der Waals surface area contributed by atoms with Crippen molar-refractivity contribution in [1.29, 1.82) is 0 Å². The Morgan fingerprint density at radius 2 is 1.04 bits per heavy atom. The predicted octanol–water partition coefficient (Wildman–Crippen LogP) is 4.47. The van der Waals surface area contributed by atoms with Crippen molar-refractivity contribution in [2.45, 2.75) is 18.4 Å². The van der Waals surface area contributed by atoms with Crippen LogP contribution in [-0.4, -0.2) is 17.3 Å². The van der Waals surface area contributed by atoms with Gasteiger partial charge in [-0.3, -0.25) is 0 Å². The van der Waals surface area contributed by atoms with E-state index < -0.39 is 5.54 Å². The number of hydrogen-bond acceptors (Lipinski definition) is 2. The topological polar surface area (TPSA) is 46.2 Å². The van der Waals surface area contributed by atoms with Gasteiger partial charge in [-0.15, -0.1) is 0 Å². The average molecular weight is 341 g/mol. The summed E-state index contributed by atoms with van der Waals surface area (Å²) in [6.07, 6.45) is 1.28. The Kier molecular flexibility index (Phi) is 4.46. The van der Waals surface area contributed by atoms with Crippen molar-refractivity contribution in [3.8, 4) is 0 Å². The van der Waals surface area contributed by atoms with E-state index in [9.17, 15) is 5.11 Å². The highest BCUT2D eigenvalue weighted by Gasteiger charge is 2.25. The molecule has 2 heteroatoms. The van der Waals surface area contributed by atoms with E-state index in [1.54, 1.807) is 0 Å². The summed E-state index contributed by atoms with van der Waals surface area (Å²) in [5, 5.41) is 14.9. The van der Waals surface area contributed by atoms with Crippen LogP contribution in [0, 0.1) is 0 Å². The molecule has 4 aromatic rings. The Hall–Kier alpha value is -2.68. The van der Waals surface area contributed by atoms with Gasteiger partial charge >= 0.3 is 0 Å². The summed E-state index contributed by atoms with van der Waals surface area (Å²) in [6, 6.07) is 29.4. The van der Waals surface area contributed by atoms with Crippen LogP contribution in [0.4, 0.5) is 0 Å². The standard InChI is InChI=1S/C24H23NO/c25-24(17-26,15-18-9-11-20-5-1-3-7-22(20)13-18)16-19-10-12-21-6-2-4-8-23(21)14-19/h1-14,26H,15-17,25H2. The molecule has 4 aromatic carbocycles. The normalized spacial score (nSPS) is 11.9. The summed E-state index contributed by atoms with van der Waals surface area (Å²) < 4.78 is 0. The molecule has 0 bridgehead atoms. The molecular weight excluding hydrogens is 318 g/mol. The summed E-state index contributed by atoms with van der Waals surface area (Å²) in [4.78, 5) is 0. The molecule has 0 atom stereocenters. The number of fused-ring (bicyclic) bond motifs is 2. The fourth-order valence-electron chi connectivity index (χ4n) is 3.68. The molecule has 0 spiro atoms. The molecular formula is C24H23NO. The Bertz CT molecular complexity index is 973. The number of rotatable bonds is 5. The highest BCUT2D eigenvalue weighted by atomic mass is 16.3. The van der Waals surface area contributed by atoms with E-state index in [0.29, 0.717) is 12.8 Å². The molecule has 0 unspecified atom stereocenters. The lowest BCUT2D eigenvalue weighted by Gasteiger charge is -2.28. The highest BCUT2D eigenvalue weighted by Crippen LogP contribution is 2.23. The third-order valence-electron chi connectivity index (χ3n) is 5.06. The molecule has 0 aliphatic rings. The summed E-state index contributed by atoms with van der Waals surface area (Å²) in [6.45, 7) is -0.0490. The molecule has 0 saturated carbocycles. The minimum atomic E-state index is -0.676. The second-order valence-electron chi connectivity index (χ2n) is 7.24. The van der Waals surface area contributed by atoms with E-state index in [-0.39, 0.29) is 6.61 Å². The van der Waals surface area contributed by atoms with Crippen LogP contribution < -0.4 is 5.73 Å². The Labute approximate surface area is 153 Å². The Balaban J connectivity index is 1.60. The van der Waals surface area contributed by atoms with Gasteiger partial charge in [0.2, 0.25) is 0 Å². The minimum absolute atomic E-state index is 0.0490. The first kappa shape index (κ1) is 16.8. The van der Waals surface area contributed by atoms with Gasteiger partial charge in [0.1, 0.15) is 0 Å². The van der Waals surface area contributed by atoms with E-state index in [0.717, 1.165) is 11.1 Å². The van der Waals surface area contributed by atoms with Crippen LogP contribution in [0.5, 0.6) is 0 Å². The maximum atomic E-state index is 10.0. The van der Waals surface area contributed by atoms with Crippen LogP contribution in [0.2, 0.25) is 0 Å². The largest absolute Gasteiger partial charge is 0.394 e. The van der Waals surface area contributed by atoms with Gasteiger partial charge in [-0.1, -0.05) is 84.9 Å². The van der Waals surface area contributed by atoms with Crippen molar-refractivity contribution in [2.24, 2.45) is 5.73 Å². The van der Waals surface area contributed by atoms with E-state index in [2.05, 4.69) is 60.7 Å². The third kappa shape index (κ3) is 3.48. The molecule has 3 N–H and O–H groups in total. The van der Waals surface area contributed by atoms with Gasteiger partial charge in [-0.2, -0.15) is 0 Å². The second-order valence-corrected chi connectivity index (χ2v) is 7.24. The summed E-state index contributed by atoms with van der Waals surface area (Å²) in [7, 11) is 0. The second kappa shape index (κ2) is 6.91. The molecule has 0 aliphatic carbocycles. The van der Waals surface area contributed by atoms with E-state index in [4.69, 9.17) is 5.73 Å². The lowest BCUT2D eigenvalue weighted by molar-refractivity contribution is 0.194. The first-order chi connectivity index (χ1) is 12.6. The van der Waals surface area contributed by atoms with E-state index >= 15 is 0 Å². The molecule has 0 saturated heterocycles. The molecule has 0 heterocycles. The van der Waals surface area contributed by atoms with Crippen LogP contribution in [-0.2, 0) is 12.8 Å². The maximum Gasteiger partial charge on any atom is 0.0617 e. The fourth-order valence-corrected chi connectivity index (χ4v) is 3.68. The maximum absolute atomic E-state index is 10.0. The van der Waals surface area contributed by atoms with Gasteiger partial charge in [-0.25, -0.2) is 0 Å². The quantitative estimate of drug-likeness (QED) is 0.563. The predicted molar refractivity (Wildman–Crippen MR) is 109 cm³/mol. The first-order valence-corrected chi connectivity index (χ1v) is 9.00. The van der Waals surface area contributed by atoms with Crippen LogP contribution in [0.15, 0.2) is 84.9 Å². The number of aliphatic hydroxyl groups is 1. The van der Waals surface area contributed by atoms with Gasteiger partial charge in [0.25, 0.3) is 0 Å². The first-order valence-electron chi connectivity index (χ1n) is 9.00. The van der Waals surface area contributed by atoms with E-state index in [1.165, 1.54) is 21.5 Å². The lowest BCUT2D eigenvalue weighted by Crippen LogP contribution is -2.48. The highest BCUT2D eigenvalue weighted by molar-refractivity contribution is 5.83. The summed E-state index contributed by atoms with van der Waals surface area (Å²) in [5.41, 5.74) is 8.23. The number of nitrogens with two attached hydrogens (primary N) is 1. The zero-order valence-electron chi connectivity index (χ0n) is 14.7. The van der Waals surface area contributed by atoms with E-state index in [1.807, 2.05) is 24.3 Å². The molecule has 4 rings (SSSR count). The fraction of sp³-hybridized carbons (Fsp3) is 0.167. The van der Waals surface area contributed by atoms with Crippen molar-refractivity contribution in [2.75, 3.05) is 6.61 Å². The van der Waals surface area contributed by atoms with Gasteiger partial charge in [0.05, 0.1) is 6.61 Å². The molecule has 130 valence electrons. The van der Waals surface area contributed by atoms with Gasteiger partial charge in [0.15, 0.2) is 0 Å². The molecule has 26 heavy (non-hydrogen) atoms. The molecule has 0 aliphatic heterocycles. The zero-order valence-corrected chi connectivity index (χ0v) is 14.7. The Morgan fingerprint density at radius 3 is 1.46 bits per heavy atom. The van der Waals surface area contributed by atoms with Crippen molar-refractivity contribution in [1.82, 2.24) is 0 Å². The molecule has 0 aromatic heterocycles. The van der Waals surface area contributed by atoms with Crippen LogP contribution in [0.3, 0.4) is 0 Å². The number of benzene rings is 4. The van der Waals surface area contributed by atoms with Gasteiger partial charge < -0.3 is 10.8 Å². The smallest absolute Gasteiger partial charge is 0.0617 e. The number of hydrogen-bond donors (Lipinski definition) is 2. The molecule has 0 fully saturated rings. The van der Waals surface area contributed by atoms with Gasteiger partial charge in [-0.05, 0) is 45.5 Å². The average Bonchev–Trinajstić information content (AvgIpc) is 2.68. The monoisotopic (exact) mass is 341 g/mol. The summed E-state index contributed by atoms with van der Waals surface area (Å²) >= 11 is 0. The molecule has 0 radical (unpaired) electrons. The van der Waals surface area contributed by atoms with Crippen LogP contribution >= 0.6 is 0 Å². The van der Waals surface area contributed by atoms with Crippen molar-refractivity contribution >= 4 is 21.5 Å². The Morgan fingerprint density at radius 1 is 0.615 bits per heavy atom. The molecule has 0 amide bonds. The minimum Gasteiger partial charge on any atom is -0.394 e. The van der Waals surface area contributed by atoms with Gasteiger partial charge in [0, 0.05) is 5.54 Å². The lowest BCUT2D eigenvalue weighted by atomic mass is 9.85. The van der Waals surface area contributed by atoms with Crippen LogP contribution in [0.1, 0.15) is 11.1 Å². The molecule has 2 nitrogen and oxygen atoms in total. The third-order valence-corrected chi connectivity index (χ3v) is 5.06.